The molecule has 3 rings (SSSR count). The molecule has 0 saturated carbocycles. The molecule has 1 aliphatic rings. The fraction of sp³-hybridized carbons (Fsp3) is 0.474. The second-order valence-corrected chi connectivity index (χ2v) is 7.27. The maximum absolute atomic E-state index is 13.1. The molecule has 132 valence electrons. The Hall–Kier alpha value is -2.50. The summed E-state index contributed by atoms with van der Waals surface area (Å²) in [4.78, 5) is 41.2. The Morgan fingerprint density at radius 3 is 2.64 bits per heavy atom. The number of fused-ring (bicyclic) bond motifs is 1. The fourth-order valence-electron chi connectivity index (χ4n) is 3.23. The van der Waals surface area contributed by atoms with Gasteiger partial charge in [-0.3, -0.25) is 24.3 Å². The van der Waals surface area contributed by atoms with Crippen LogP contribution in [0.1, 0.15) is 57.5 Å². The molecule has 2 amide bonds. The highest BCUT2D eigenvalue weighted by Gasteiger charge is 2.30. The van der Waals surface area contributed by atoms with Gasteiger partial charge in [0, 0.05) is 6.42 Å². The Labute approximate surface area is 146 Å². The van der Waals surface area contributed by atoms with Crippen molar-refractivity contribution in [2.45, 2.75) is 58.4 Å². The monoisotopic (exact) mass is 341 g/mol. The number of hydrogen-bond acceptors (Lipinski definition) is 4. The van der Waals surface area contributed by atoms with E-state index in [1.54, 1.807) is 6.92 Å². The van der Waals surface area contributed by atoms with Crippen molar-refractivity contribution in [1.82, 2.24) is 14.9 Å². The molecule has 2 heterocycles. The number of rotatable bonds is 3. The summed E-state index contributed by atoms with van der Waals surface area (Å²) < 4.78 is 1.42. The van der Waals surface area contributed by atoms with Crippen molar-refractivity contribution in [3.05, 3.63) is 39.9 Å². The van der Waals surface area contributed by atoms with E-state index in [2.05, 4.69) is 31.1 Å². The Balaban J connectivity index is 2.18. The van der Waals surface area contributed by atoms with Gasteiger partial charge < -0.3 is 0 Å². The first-order chi connectivity index (χ1) is 11.7. The molecule has 0 aliphatic carbocycles. The smallest absolute Gasteiger partial charge is 0.262 e. The van der Waals surface area contributed by atoms with Crippen molar-refractivity contribution < 1.29 is 9.59 Å². The topological polar surface area (TPSA) is 81.1 Å². The summed E-state index contributed by atoms with van der Waals surface area (Å²) in [5, 5.41) is 2.82. The SMILES string of the molecule is CCC(C)(C)c1ccc2nc(C)n(C3CCC(=O)NC3=O)c(=O)c2c1. The predicted molar refractivity (Wildman–Crippen MR) is 95.5 cm³/mol. The van der Waals surface area contributed by atoms with Gasteiger partial charge in [0.25, 0.3) is 5.56 Å². The van der Waals surface area contributed by atoms with Gasteiger partial charge in [-0.05, 0) is 42.9 Å². The van der Waals surface area contributed by atoms with Crippen LogP contribution in [0.3, 0.4) is 0 Å². The zero-order valence-corrected chi connectivity index (χ0v) is 15.0. The van der Waals surface area contributed by atoms with Crippen LogP contribution >= 0.6 is 0 Å². The van der Waals surface area contributed by atoms with E-state index in [9.17, 15) is 14.4 Å². The number of carbonyl (C=O) groups is 2. The molecule has 0 spiro atoms. The molecule has 6 nitrogen and oxygen atoms in total. The lowest BCUT2D eigenvalue weighted by Crippen LogP contribution is -2.45. The van der Waals surface area contributed by atoms with Gasteiger partial charge in [0.15, 0.2) is 0 Å². The lowest BCUT2D eigenvalue weighted by Gasteiger charge is -2.26. The quantitative estimate of drug-likeness (QED) is 0.869. The standard InChI is InChI=1S/C19H23N3O3/c1-5-19(3,4)12-6-7-14-13(10-12)18(25)22(11(2)20-14)15-8-9-16(23)21-17(15)24/h6-7,10,15H,5,8-9H2,1-4H3,(H,21,23,24). The number of nitrogens with one attached hydrogen (secondary N) is 1. The summed E-state index contributed by atoms with van der Waals surface area (Å²) in [6, 6.07) is 5.07. The Bertz CT molecular complexity index is 927. The first kappa shape index (κ1) is 17.3. The van der Waals surface area contributed by atoms with Crippen LogP contribution in [0.4, 0.5) is 0 Å². The van der Waals surface area contributed by atoms with Gasteiger partial charge in [-0.1, -0.05) is 26.8 Å². The summed E-state index contributed by atoms with van der Waals surface area (Å²) in [7, 11) is 0. The van der Waals surface area contributed by atoms with Crippen molar-refractivity contribution in [2.75, 3.05) is 0 Å². The second kappa shape index (κ2) is 6.10. The van der Waals surface area contributed by atoms with Crippen LogP contribution in [0.25, 0.3) is 10.9 Å². The third-order valence-electron chi connectivity index (χ3n) is 5.26. The van der Waals surface area contributed by atoms with Gasteiger partial charge in [0.05, 0.1) is 10.9 Å². The molecule has 1 atom stereocenters. The number of piperidine rings is 1. The molecular weight excluding hydrogens is 318 g/mol. The normalized spacial score (nSPS) is 18.5. The average molecular weight is 341 g/mol. The zero-order chi connectivity index (χ0) is 18.4. The van der Waals surface area contributed by atoms with Gasteiger partial charge >= 0.3 is 0 Å². The van der Waals surface area contributed by atoms with Crippen LogP contribution < -0.4 is 10.9 Å². The maximum Gasteiger partial charge on any atom is 0.262 e. The van der Waals surface area contributed by atoms with Crippen LogP contribution in [0.5, 0.6) is 0 Å². The molecule has 1 unspecified atom stereocenters. The number of amides is 2. The number of imide groups is 1. The molecule has 1 aromatic heterocycles. The Morgan fingerprint density at radius 1 is 1.28 bits per heavy atom. The molecule has 1 N–H and O–H groups in total. The van der Waals surface area contributed by atoms with Gasteiger partial charge in [-0.25, -0.2) is 4.98 Å². The highest BCUT2D eigenvalue weighted by atomic mass is 16.2. The summed E-state index contributed by atoms with van der Waals surface area (Å²) in [6.07, 6.45) is 1.49. The molecule has 1 aromatic carbocycles. The molecule has 2 aromatic rings. The first-order valence-corrected chi connectivity index (χ1v) is 8.61. The number of carbonyl (C=O) groups excluding carboxylic acids is 2. The predicted octanol–water partition coefficient (Wildman–Crippen LogP) is 2.37. The number of hydrogen-bond donors (Lipinski definition) is 1. The van der Waals surface area contributed by atoms with E-state index in [0.717, 1.165) is 12.0 Å². The molecule has 1 aliphatic heterocycles. The van der Waals surface area contributed by atoms with Gasteiger partial charge in [-0.2, -0.15) is 0 Å². The van der Waals surface area contributed by atoms with Crippen molar-refractivity contribution in [3.63, 3.8) is 0 Å². The van der Waals surface area contributed by atoms with E-state index in [1.165, 1.54) is 4.57 Å². The summed E-state index contributed by atoms with van der Waals surface area (Å²) >= 11 is 0. The highest BCUT2D eigenvalue weighted by Crippen LogP contribution is 2.28. The van der Waals surface area contributed by atoms with Gasteiger partial charge in [0.2, 0.25) is 11.8 Å². The third-order valence-corrected chi connectivity index (χ3v) is 5.26. The van der Waals surface area contributed by atoms with E-state index in [1.807, 2.05) is 18.2 Å². The number of nitrogens with zero attached hydrogens (tertiary/aromatic N) is 2. The summed E-state index contributed by atoms with van der Waals surface area (Å²) in [5.41, 5.74) is 1.41. The van der Waals surface area contributed by atoms with E-state index in [4.69, 9.17) is 0 Å². The minimum absolute atomic E-state index is 0.0506. The zero-order valence-electron chi connectivity index (χ0n) is 15.0. The van der Waals surface area contributed by atoms with Crippen LogP contribution in [-0.2, 0) is 15.0 Å². The highest BCUT2D eigenvalue weighted by molar-refractivity contribution is 5.99. The van der Waals surface area contributed by atoms with Gasteiger partial charge in [0.1, 0.15) is 11.9 Å². The second-order valence-electron chi connectivity index (χ2n) is 7.27. The van der Waals surface area contributed by atoms with Crippen molar-refractivity contribution >= 4 is 22.7 Å². The first-order valence-electron chi connectivity index (χ1n) is 8.61. The van der Waals surface area contributed by atoms with E-state index >= 15 is 0 Å². The van der Waals surface area contributed by atoms with Gasteiger partial charge in [-0.15, -0.1) is 0 Å². The number of aromatic nitrogens is 2. The van der Waals surface area contributed by atoms with Crippen LogP contribution in [0.15, 0.2) is 23.0 Å². The molecule has 25 heavy (non-hydrogen) atoms. The fourth-order valence-corrected chi connectivity index (χ4v) is 3.23. The van der Waals surface area contributed by atoms with Crippen LogP contribution in [-0.4, -0.2) is 21.4 Å². The van der Waals surface area contributed by atoms with E-state index in [0.29, 0.717) is 23.1 Å². The van der Waals surface area contributed by atoms with Crippen LogP contribution in [0, 0.1) is 6.92 Å². The minimum Gasteiger partial charge on any atom is -0.295 e. The molecular formula is C19H23N3O3. The number of aryl methyl sites for hydroxylation is 1. The molecule has 0 bridgehead atoms. The average Bonchev–Trinajstić information content (AvgIpc) is 2.56. The number of benzene rings is 1. The van der Waals surface area contributed by atoms with E-state index < -0.39 is 11.9 Å². The minimum atomic E-state index is -0.690. The maximum atomic E-state index is 13.1. The third kappa shape index (κ3) is 2.97. The Kier molecular flexibility index (Phi) is 4.22. The van der Waals surface area contributed by atoms with Crippen molar-refractivity contribution in [2.24, 2.45) is 0 Å². The largest absolute Gasteiger partial charge is 0.295 e. The molecule has 1 saturated heterocycles. The van der Waals surface area contributed by atoms with E-state index in [-0.39, 0.29) is 23.3 Å². The lowest BCUT2D eigenvalue weighted by atomic mass is 9.82. The molecule has 0 radical (unpaired) electrons. The van der Waals surface area contributed by atoms with Crippen molar-refractivity contribution in [3.8, 4) is 0 Å². The van der Waals surface area contributed by atoms with Crippen molar-refractivity contribution in [1.29, 1.82) is 0 Å². The Morgan fingerprint density at radius 2 is 2.00 bits per heavy atom. The lowest BCUT2D eigenvalue weighted by molar-refractivity contribution is -0.135. The summed E-state index contributed by atoms with van der Waals surface area (Å²) in [5.74, 6) is -0.255. The molecule has 1 fully saturated rings. The molecule has 6 heteroatoms. The summed E-state index contributed by atoms with van der Waals surface area (Å²) in [6.45, 7) is 8.09. The van der Waals surface area contributed by atoms with Crippen LogP contribution in [0.2, 0.25) is 0 Å².